The maximum Gasteiger partial charge on any atom is 0.217 e. The van der Waals surface area contributed by atoms with Crippen molar-refractivity contribution in [2.75, 3.05) is 11.9 Å². The molecule has 0 aliphatic heterocycles. The predicted molar refractivity (Wildman–Crippen MR) is 101 cm³/mol. The van der Waals surface area contributed by atoms with Crippen LogP contribution in [0.2, 0.25) is 0 Å². The summed E-state index contributed by atoms with van der Waals surface area (Å²) in [6.07, 6.45) is 0. The van der Waals surface area contributed by atoms with Crippen LogP contribution in [-0.2, 0) is 4.79 Å². The number of amides is 1. The Morgan fingerprint density at radius 2 is 1.92 bits per heavy atom. The quantitative estimate of drug-likeness (QED) is 0.668. The van der Waals surface area contributed by atoms with E-state index in [1.165, 1.54) is 6.92 Å². The largest absolute Gasteiger partial charge is 0.367 e. The number of benzene rings is 1. The summed E-state index contributed by atoms with van der Waals surface area (Å²) in [7, 11) is 0. The van der Waals surface area contributed by atoms with Gasteiger partial charge in [-0.1, -0.05) is 30.3 Å². The van der Waals surface area contributed by atoms with Gasteiger partial charge in [0.15, 0.2) is 5.82 Å². The Morgan fingerprint density at radius 1 is 1.20 bits per heavy atom. The van der Waals surface area contributed by atoms with Crippen molar-refractivity contribution in [2.45, 2.75) is 33.7 Å². The van der Waals surface area contributed by atoms with E-state index in [4.69, 9.17) is 4.98 Å². The number of rotatable bonds is 5. The van der Waals surface area contributed by atoms with Crippen molar-refractivity contribution in [3.05, 3.63) is 41.6 Å². The Labute approximate surface area is 147 Å². The Kier molecular flexibility index (Phi) is 4.70. The summed E-state index contributed by atoms with van der Waals surface area (Å²) in [5, 5.41) is 7.24. The van der Waals surface area contributed by atoms with E-state index in [0.717, 1.165) is 33.7 Å². The van der Waals surface area contributed by atoms with E-state index in [9.17, 15) is 4.79 Å². The van der Waals surface area contributed by atoms with Crippen LogP contribution in [0.3, 0.4) is 0 Å². The van der Waals surface area contributed by atoms with Crippen LogP contribution >= 0.6 is 0 Å². The minimum absolute atomic E-state index is 0.00281. The average molecular weight is 337 g/mol. The monoisotopic (exact) mass is 337 g/mol. The van der Waals surface area contributed by atoms with Gasteiger partial charge < -0.3 is 15.6 Å². The molecule has 130 valence electrons. The molecule has 0 fully saturated rings. The SMILES string of the molecule is CC(=O)NC(C)CNc1nc(-c2ccccc2)nc2[nH]c(C)c(C)c12. The van der Waals surface area contributed by atoms with Gasteiger partial charge in [0.25, 0.3) is 0 Å². The van der Waals surface area contributed by atoms with Gasteiger partial charge in [-0.2, -0.15) is 0 Å². The zero-order chi connectivity index (χ0) is 18.0. The van der Waals surface area contributed by atoms with E-state index in [1.54, 1.807) is 0 Å². The molecular formula is C19H23N5O. The molecule has 0 aliphatic rings. The summed E-state index contributed by atoms with van der Waals surface area (Å²) < 4.78 is 0. The number of anilines is 1. The van der Waals surface area contributed by atoms with Crippen LogP contribution in [0, 0.1) is 13.8 Å². The van der Waals surface area contributed by atoms with Gasteiger partial charge in [-0.25, -0.2) is 9.97 Å². The lowest BCUT2D eigenvalue weighted by atomic mass is 10.2. The average Bonchev–Trinajstić information content (AvgIpc) is 2.87. The number of carbonyl (C=O) groups is 1. The van der Waals surface area contributed by atoms with Crippen molar-refractivity contribution in [3.63, 3.8) is 0 Å². The summed E-state index contributed by atoms with van der Waals surface area (Å²) in [5.41, 5.74) is 3.99. The number of nitrogens with zero attached hydrogens (tertiary/aromatic N) is 2. The highest BCUT2D eigenvalue weighted by molar-refractivity contribution is 5.92. The van der Waals surface area contributed by atoms with Crippen molar-refractivity contribution >= 4 is 22.8 Å². The molecule has 0 bridgehead atoms. The number of aromatic amines is 1. The fourth-order valence-corrected chi connectivity index (χ4v) is 2.86. The molecule has 2 heterocycles. The summed E-state index contributed by atoms with van der Waals surface area (Å²) in [5.74, 6) is 1.41. The molecular weight excluding hydrogens is 314 g/mol. The van der Waals surface area contributed by atoms with Gasteiger partial charge in [0, 0.05) is 30.8 Å². The van der Waals surface area contributed by atoms with Crippen molar-refractivity contribution < 1.29 is 4.79 Å². The topological polar surface area (TPSA) is 82.7 Å². The Morgan fingerprint density at radius 3 is 2.60 bits per heavy atom. The van der Waals surface area contributed by atoms with Crippen LogP contribution in [0.4, 0.5) is 5.82 Å². The van der Waals surface area contributed by atoms with Crippen LogP contribution in [0.5, 0.6) is 0 Å². The van der Waals surface area contributed by atoms with Gasteiger partial charge in [0.05, 0.1) is 5.39 Å². The number of hydrogen-bond donors (Lipinski definition) is 3. The van der Waals surface area contributed by atoms with E-state index < -0.39 is 0 Å². The maximum atomic E-state index is 11.2. The molecule has 1 aromatic carbocycles. The van der Waals surface area contributed by atoms with E-state index in [2.05, 4.69) is 27.5 Å². The molecule has 0 saturated heterocycles. The molecule has 0 spiro atoms. The number of nitrogens with one attached hydrogen (secondary N) is 3. The first-order chi connectivity index (χ1) is 12.0. The molecule has 6 nitrogen and oxygen atoms in total. The smallest absolute Gasteiger partial charge is 0.217 e. The number of hydrogen-bond acceptors (Lipinski definition) is 4. The molecule has 1 unspecified atom stereocenters. The van der Waals surface area contributed by atoms with Gasteiger partial charge in [0.2, 0.25) is 5.91 Å². The van der Waals surface area contributed by atoms with Crippen LogP contribution in [0.15, 0.2) is 30.3 Å². The minimum Gasteiger partial charge on any atom is -0.367 e. The first-order valence-corrected chi connectivity index (χ1v) is 8.39. The summed E-state index contributed by atoms with van der Waals surface area (Å²) in [4.78, 5) is 24.0. The third-order valence-electron chi connectivity index (χ3n) is 4.21. The Hall–Kier alpha value is -2.89. The van der Waals surface area contributed by atoms with Crippen LogP contribution in [0.1, 0.15) is 25.1 Å². The summed E-state index contributed by atoms with van der Waals surface area (Å²) in [6.45, 7) is 8.15. The molecule has 3 rings (SSSR count). The number of aryl methyl sites for hydroxylation is 2. The lowest BCUT2D eigenvalue weighted by Gasteiger charge is -2.15. The summed E-state index contributed by atoms with van der Waals surface area (Å²) >= 11 is 0. The number of aromatic nitrogens is 3. The number of fused-ring (bicyclic) bond motifs is 1. The second kappa shape index (κ2) is 6.93. The number of carbonyl (C=O) groups excluding carboxylic acids is 1. The van der Waals surface area contributed by atoms with Gasteiger partial charge in [-0.05, 0) is 26.3 Å². The van der Waals surface area contributed by atoms with E-state index in [0.29, 0.717) is 12.4 Å². The second-order valence-corrected chi connectivity index (χ2v) is 6.34. The first-order valence-electron chi connectivity index (χ1n) is 8.39. The molecule has 1 atom stereocenters. The minimum atomic E-state index is -0.0409. The third-order valence-corrected chi connectivity index (χ3v) is 4.21. The zero-order valence-electron chi connectivity index (χ0n) is 15.0. The van der Waals surface area contributed by atoms with Crippen molar-refractivity contribution in [3.8, 4) is 11.4 Å². The Bertz CT molecular complexity index is 901. The molecule has 0 aliphatic carbocycles. The van der Waals surface area contributed by atoms with E-state index >= 15 is 0 Å². The van der Waals surface area contributed by atoms with Gasteiger partial charge in [0.1, 0.15) is 11.5 Å². The van der Waals surface area contributed by atoms with Crippen molar-refractivity contribution in [1.82, 2.24) is 20.3 Å². The molecule has 1 amide bonds. The van der Waals surface area contributed by atoms with Gasteiger partial charge in [-0.15, -0.1) is 0 Å². The van der Waals surface area contributed by atoms with E-state index in [1.807, 2.05) is 44.2 Å². The van der Waals surface area contributed by atoms with E-state index in [-0.39, 0.29) is 11.9 Å². The summed E-state index contributed by atoms with van der Waals surface area (Å²) in [6, 6.07) is 9.91. The van der Waals surface area contributed by atoms with Gasteiger partial charge in [-0.3, -0.25) is 4.79 Å². The zero-order valence-corrected chi connectivity index (χ0v) is 15.0. The highest BCUT2D eigenvalue weighted by Crippen LogP contribution is 2.29. The predicted octanol–water partition coefficient (Wildman–Crippen LogP) is 3.18. The molecule has 6 heteroatoms. The first kappa shape index (κ1) is 17.0. The third kappa shape index (κ3) is 3.63. The van der Waals surface area contributed by atoms with Crippen molar-refractivity contribution in [1.29, 1.82) is 0 Å². The standard InChI is InChI=1S/C19H23N5O/c1-11(21-14(4)25)10-20-18-16-12(2)13(3)22-19(16)24-17(23-18)15-8-6-5-7-9-15/h5-9,11H,10H2,1-4H3,(H,21,25)(H2,20,22,23,24). The lowest BCUT2D eigenvalue weighted by Crippen LogP contribution is -2.36. The normalized spacial score (nSPS) is 12.2. The van der Waals surface area contributed by atoms with Crippen LogP contribution in [-0.4, -0.2) is 33.4 Å². The molecule has 0 radical (unpaired) electrons. The highest BCUT2D eigenvalue weighted by Gasteiger charge is 2.15. The van der Waals surface area contributed by atoms with Crippen molar-refractivity contribution in [2.24, 2.45) is 0 Å². The van der Waals surface area contributed by atoms with Gasteiger partial charge >= 0.3 is 0 Å². The van der Waals surface area contributed by atoms with Crippen LogP contribution < -0.4 is 10.6 Å². The maximum absolute atomic E-state index is 11.2. The lowest BCUT2D eigenvalue weighted by molar-refractivity contribution is -0.119. The molecule has 3 N–H and O–H groups in total. The molecule has 3 aromatic rings. The number of H-pyrrole nitrogens is 1. The second-order valence-electron chi connectivity index (χ2n) is 6.34. The highest BCUT2D eigenvalue weighted by atomic mass is 16.1. The Balaban J connectivity index is 2.00. The fraction of sp³-hybridized carbons (Fsp3) is 0.316. The molecule has 2 aromatic heterocycles. The van der Waals surface area contributed by atoms with Crippen LogP contribution in [0.25, 0.3) is 22.4 Å². The fourth-order valence-electron chi connectivity index (χ4n) is 2.86. The molecule has 25 heavy (non-hydrogen) atoms. The molecule has 0 saturated carbocycles.